The molecule has 5 nitrogen and oxygen atoms in total. The molecular formula is C19H16FN5. The number of fused-ring (bicyclic) bond motifs is 1. The minimum absolute atomic E-state index is 0.198. The zero-order valence-electron chi connectivity index (χ0n) is 13.5. The van der Waals surface area contributed by atoms with Crippen LogP contribution < -0.4 is 10.6 Å². The molecule has 3 aromatic rings. The maximum atomic E-state index is 14.0. The predicted molar refractivity (Wildman–Crippen MR) is 95.2 cm³/mol. The number of hydrogen-bond acceptors (Lipinski definition) is 5. The minimum atomic E-state index is -0.623. The molecule has 4 rings (SSSR count). The third-order valence-corrected chi connectivity index (χ3v) is 4.45. The Bertz CT molecular complexity index is 973. The van der Waals surface area contributed by atoms with Crippen LogP contribution in [0, 0.1) is 18.3 Å². The normalized spacial score (nSPS) is 16.7. The molecule has 1 aliphatic rings. The quantitative estimate of drug-likeness (QED) is 0.570. The van der Waals surface area contributed by atoms with Crippen molar-refractivity contribution in [3.63, 3.8) is 0 Å². The van der Waals surface area contributed by atoms with E-state index < -0.39 is 5.95 Å². The van der Waals surface area contributed by atoms with Crippen LogP contribution in [0.4, 0.5) is 15.9 Å². The summed E-state index contributed by atoms with van der Waals surface area (Å²) >= 11 is 0. The summed E-state index contributed by atoms with van der Waals surface area (Å²) in [6.07, 6.45) is 9.25. The standard InChI is InChI=1S/C19H16FN5/c1-2-12-7-17(18(20)22-9-12)25-19-15-8-13(14-5-6-21-10-14)3-4-16(15)23-11-24-19/h1,3-4,7-9,11,14,21H,5-6,10H2,(H,23,24,25)/t14-/m1/s1. The topological polar surface area (TPSA) is 62.7 Å². The number of rotatable bonds is 3. The first-order valence-corrected chi connectivity index (χ1v) is 8.09. The van der Waals surface area contributed by atoms with Crippen LogP contribution in [0.1, 0.15) is 23.5 Å². The van der Waals surface area contributed by atoms with Gasteiger partial charge in [0, 0.05) is 23.7 Å². The molecule has 1 aliphatic heterocycles. The number of hydrogen-bond donors (Lipinski definition) is 2. The highest BCUT2D eigenvalue weighted by Crippen LogP contribution is 2.29. The largest absolute Gasteiger partial charge is 0.336 e. The number of nitrogens with zero attached hydrogens (tertiary/aromatic N) is 3. The van der Waals surface area contributed by atoms with Gasteiger partial charge in [-0.05, 0) is 42.6 Å². The number of aromatic nitrogens is 3. The lowest BCUT2D eigenvalue weighted by atomic mass is 9.97. The monoisotopic (exact) mass is 333 g/mol. The number of nitrogens with one attached hydrogen (secondary N) is 2. The lowest BCUT2D eigenvalue weighted by Gasteiger charge is -2.13. The van der Waals surface area contributed by atoms with Gasteiger partial charge in [-0.1, -0.05) is 12.0 Å². The highest BCUT2D eigenvalue weighted by Gasteiger charge is 2.18. The first-order chi connectivity index (χ1) is 12.2. The second kappa shape index (κ2) is 6.46. The molecule has 6 heteroatoms. The number of benzene rings is 1. The van der Waals surface area contributed by atoms with E-state index in [0.29, 0.717) is 17.3 Å². The van der Waals surface area contributed by atoms with Crippen molar-refractivity contribution >= 4 is 22.4 Å². The molecule has 1 fully saturated rings. The van der Waals surface area contributed by atoms with E-state index in [1.807, 2.05) is 6.07 Å². The Balaban J connectivity index is 1.76. The van der Waals surface area contributed by atoms with Crippen LogP contribution in [0.15, 0.2) is 36.8 Å². The second-order valence-electron chi connectivity index (χ2n) is 6.02. The smallest absolute Gasteiger partial charge is 0.236 e. The molecule has 1 aromatic carbocycles. The van der Waals surface area contributed by atoms with Gasteiger partial charge in [0.1, 0.15) is 12.1 Å². The van der Waals surface area contributed by atoms with E-state index in [4.69, 9.17) is 6.42 Å². The van der Waals surface area contributed by atoms with Gasteiger partial charge in [0.2, 0.25) is 5.95 Å². The van der Waals surface area contributed by atoms with Gasteiger partial charge in [0.25, 0.3) is 0 Å². The Kier molecular flexibility index (Phi) is 4.00. The highest BCUT2D eigenvalue weighted by atomic mass is 19.1. The Hall–Kier alpha value is -3.04. The molecule has 0 saturated carbocycles. The summed E-state index contributed by atoms with van der Waals surface area (Å²) < 4.78 is 14.0. The van der Waals surface area contributed by atoms with Crippen molar-refractivity contribution < 1.29 is 4.39 Å². The predicted octanol–water partition coefficient (Wildman–Crippen LogP) is 2.97. The van der Waals surface area contributed by atoms with Gasteiger partial charge in [-0.2, -0.15) is 4.39 Å². The van der Waals surface area contributed by atoms with E-state index in [1.165, 1.54) is 18.1 Å². The zero-order valence-corrected chi connectivity index (χ0v) is 13.5. The summed E-state index contributed by atoms with van der Waals surface area (Å²) in [7, 11) is 0. The summed E-state index contributed by atoms with van der Waals surface area (Å²) in [5, 5.41) is 7.22. The van der Waals surface area contributed by atoms with Crippen LogP contribution in [0.25, 0.3) is 10.9 Å². The molecule has 0 radical (unpaired) electrons. The van der Waals surface area contributed by atoms with Crippen molar-refractivity contribution in [3.05, 3.63) is 53.9 Å². The molecule has 3 heterocycles. The van der Waals surface area contributed by atoms with Gasteiger partial charge >= 0.3 is 0 Å². The number of halogens is 1. The zero-order chi connectivity index (χ0) is 17.2. The van der Waals surface area contributed by atoms with Gasteiger partial charge in [-0.3, -0.25) is 0 Å². The van der Waals surface area contributed by atoms with Crippen LogP contribution in [0.2, 0.25) is 0 Å². The van der Waals surface area contributed by atoms with Gasteiger partial charge in [-0.25, -0.2) is 15.0 Å². The molecule has 0 spiro atoms. The minimum Gasteiger partial charge on any atom is -0.336 e. The lowest BCUT2D eigenvalue weighted by Crippen LogP contribution is -2.08. The summed E-state index contributed by atoms with van der Waals surface area (Å²) in [5.74, 6) is 2.84. The Morgan fingerprint density at radius 1 is 1.24 bits per heavy atom. The third-order valence-electron chi connectivity index (χ3n) is 4.45. The van der Waals surface area contributed by atoms with Crippen molar-refractivity contribution in [1.29, 1.82) is 0 Å². The van der Waals surface area contributed by atoms with Gasteiger partial charge < -0.3 is 10.6 Å². The average molecular weight is 333 g/mol. The SMILES string of the molecule is C#Cc1cnc(F)c(Nc2ncnc3ccc([C@@H]4CCNC4)cc23)c1. The van der Waals surface area contributed by atoms with Gasteiger partial charge in [0.15, 0.2) is 0 Å². The molecule has 2 aromatic heterocycles. The summed E-state index contributed by atoms with van der Waals surface area (Å²) in [6.45, 7) is 1.99. The average Bonchev–Trinajstić information content (AvgIpc) is 3.18. The summed E-state index contributed by atoms with van der Waals surface area (Å²) in [6, 6.07) is 7.69. The fourth-order valence-corrected chi connectivity index (χ4v) is 3.11. The van der Waals surface area contributed by atoms with Gasteiger partial charge in [0.05, 0.1) is 11.2 Å². The van der Waals surface area contributed by atoms with Gasteiger partial charge in [-0.15, -0.1) is 6.42 Å². The fraction of sp³-hybridized carbons (Fsp3) is 0.211. The molecule has 0 unspecified atom stereocenters. The maximum absolute atomic E-state index is 14.0. The van der Waals surface area contributed by atoms with Crippen molar-refractivity contribution in [3.8, 4) is 12.3 Å². The van der Waals surface area contributed by atoms with Crippen LogP contribution in [-0.2, 0) is 0 Å². The van der Waals surface area contributed by atoms with Crippen LogP contribution >= 0.6 is 0 Å². The molecule has 25 heavy (non-hydrogen) atoms. The molecule has 0 aliphatic carbocycles. The molecule has 1 saturated heterocycles. The fourth-order valence-electron chi connectivity index (χ4n) is 3.11. The summed E-state index contributed by atoms with van der Waals surface area (Å²) in [4.78, 5) is 12.3. The first-order valence-electron chi connectivity index (χ1n) is 8.09. The van der Waals surface area contributed by atoms with Crippen molar-refractivity contribution in [2.45, 2.75) is 12.3 Å². The second-order valence-corrected chi connectivity index (χ2v) is 6.02. The number of terminal acetylenes is 1. The Labute approximate surface area is 144 Å². The van der Waals surface area contributed by atoms with Crippen LogP contribution in [0.5, 0.6) is 0 Å². The lowest BCUT2D eigenvalue weighted by molar-refractivity contribution is 0.588. The third kappa shape index (κ3) is 3.02. The first kappa shape index (κ1) is 15.5. The van der Waals surface area contributed by atoms with E-state index in [1.54, 1.807) is 6.07 Å². The Morgan fingerprint density at radius 2 is 2.16 bits per heavy atom. The van der Waals surface area contributed by atoms with E-state index in [-0.39, 0.29) is 5.69 Å². The summed E-state index contributed by atoms with van der Waals surface area (Å²) in [5.41, 5.74) is 2.73. The molecule has 0 amide bonds. The molecule has 2 N–H and O–H groups in total. The van der Waals surface area contributed by atoms with Crippen molar-refractivity contribution in [1.82, 2.24) is 20.3 Å². The van der Waals surface area contributed by atoms with Crippen molar-refractivity contribution in [2.75, 3.05) is 18.4 Å². The van der Waals surface area contributed by atoms with E-state index in [0.717, 1.165) is 30.4 Å². The van der Waals surface area contributed by atoms with Crippen LogP contribution in [0.3, 0.4) is 0 Å². The van der Waals surface area contributed by atoms with E-state index >= 15 is 0 Å². The Morgan fingerprint density at radius 3 is 2.96 bits per heavy atom. The van der Waals surface area contributed by atoms with E-state index in [2.05, 4.69) is 43.6 Å². The maximum Gasteiger partial charge on any atom is 0.236 e. The highest BCUT2D eigenvalue weighted by molar-refractivity contribution is 5.91. The molecule has 124 valence electrons. The number of anilines is 2. The van der Waals surface area contributed by atoms with E-state index in [9.17, 15) is 4.39 Å². The van der Waals surface area contributed by atoms with Crippen LogP contribution in [-0.4, -0.2) is 28.0 Å². The molecule has 1 atom stereocenters. The van der Waals surface area contributed by atoms with Crippen molar-refractivity contribution in [2.24, 2.45) is 0 Å². The number of pyridine rings is 1. The molecule has 0 bridgehead atoms. The molecular weight excluding hydrogens is 317 g/mol.